The monoisotopic (exact) mass is 250 g/mol. The number of methoxy groups -OCH3 is 1. The molecule has 0 radical (unpaired) electrons. The van der Waals surface area contributed by atoms with Crippen LogP contribution in [0.15, 0.2) is 18.2 Å². The van der Waals surface area contributed by atoms with E-state index in [4.69, 9.17) is 4.74 Å². The summed E-state index contributed by atoms with van der Waals surface area (Å²) in [5.41, 5.74) is 0.936. The number of rotatable bonds is 6. The van der Waals surface area contributed by atoms with Gasteiger partial charge in [0.1, 0.15) is 5.75 Å². The molecular formula is C13H18N2O3. The third-order valence-corrected chi connectivity index (χ3v) is 3.42. The first-order valence-electron chi connectivity index (χ1n) is 6.16. The number of benzene rings is 1. The van der Waals surface area contributed by atoms with Crippen molar-refractivity contribution < 1.29 is 9.66 Å². The highest BCUT2D eigenvalue weighted by molar-refractivity contribution is 5.43. The van der Waals surface area contributed by atoms with Crippen LogP contribution in [0.25, 0.3) is 0 Å². The molecule has 1 saturated carbocycles. The van der Waals surface area contributed by atoms with E-state index in [0.717, 1.165) is 11.5 Å². The van der Waals surface area contributed by atoms with Crippen molar-refractivity contribution in [3.63, 3.8) is 0 Å². The van der Waals surface area contributed by atoms with E-state index in [1.54, 1.807) is 19.2 Å². The van der Waals surface area contributed by atoms with Crippen LogP contribution in [0.5, 0.6) is 5.75 Å². The summed E-state index contributed by atoms with van der Waals surface area (Å²) in [6.07, 6.45) is 2.56. The highest BCUT2D eigenvalue weighted by atomic mass is 16.6. The Labute approximate surface area is 106 Å². The van der Waals surface area contributed by atoms with E-state index in [2.05, 4.69) is 12.2 Å². The number of nitro benzene ring substituents is 1. The first-order chi connectivity index (χ1) is 8.61. The molecule has 1 atom stereocenters. The zero-order chi connectivity index (χ0) is 13.1. The van der Waals surface area contributed by atoms with E-state index in [0.29, 0.717) is 18.3 Å². The summed E-state index contributed by atoms with van der Waals surface area (Å²) in [6.45, 7) is 2.75. The van der Waals surface area contributed by atoms with E-state index in [1.807, 2.05) is 0 Å². The zero-order valence-electron chi connectivity index (χ0n) is 10.7. The lowest BCUT2D eigenvalue weighted by Crippen LogP contribution is -2.27. The second kappa shape index (κ2) is 5.35. The van der Waals surface area contributed by atoms with Crippen molar-refractivity contribution in [2.45, 2.75) is 32.4 Å². The highest BCUT2D eigenvalue weighted by Crippen LogP contribution is 2.32. The van der Waals surface area contributed by atoms with Crippen LogP contribution < -0.4 is 10.1 Å². The minimum atomic E-state index is -0.382. The summed E-state index contributed by atoms with van der Waals surface area (Å²) in [5, 5.41) is 14.2. The molecule has 0 aliphatic heterocycles. The molecular weight excluding hydrogens is 232 g/mol. The lowest BCUT2D eigenvalue weighted by Gasteiger charge is -2.14. The Bertz CT molecular complexity index is 444. The summed E-state index contributed by atoms with van der Waals surface area (Å²) in [5.74, 6) is 1.45. The molecule has 0 saturated heterocycles. The van der Waals surface area contributed by atoms with Crippen LogP contribution in [-0.2, 0) is 6.54 Å². The van der Waals surface area contributed by atoms with E-state index < -0.39 is 0 Å². The van der Waals surface area contributed by atoms with Gasteiger partial charge in [-0.15, -0.1) is 0 Å². The Morgan fingerprint density at radius 2 is 2.28 bits per heavy atom. The molecule has 1 aromatic carbocycles. The molecule has 1 unspecified atom stereocenters. The molecule has 5 heteroatoms. The predicted octanol–water partition coefficient (Wildman–Crippen LogP) is 2.49. The molecule has 0 heterocycles. The van der Waals surface area contributed by atoms with Gasteiger partial charge in [0.2, 0.25) is 0 Å². The van der Waals surface area contributed by atoms with E-state index in [1.165, 1.54) is 18.9 Å². The molecule has 0 aromatic heterocycles. The molecule has 1 aromatic rings. The smallest absolute Gasteiger partial charge is 0.270 e. The van der Waals surface area contributed by atoms with Crippen molar-refractivity contribution in [2.75, 3.05) is 7.11 Å². The van der Waals surface area contributed by atoms with Gasteiger partial charge in [-0.25, -0.2) is 0 Å². The molecule has 18 heavy (non-hydrogen) atoms. The number of nitrogens with zero attached hydrogens (tertiary/aromatic N) is 1. The molecule has 0 amide bonds. The number of nitro groups is 1. The molecule has 0 spiro atoms. The number of non-ortho nitro benzene ring substituents is 1. The van der Waals surface area contributed by atoms with Crippen molar-refractivity contribution in [3.8, 4) is 5.75 Å². The van der Waals surface area contributed by atoms with Crippen LogP contribution in [0.3, 0.4) is 0 Å². The van der Waals surface area contributed by atoms with E-state index in [9.17, 15) is 10.1 Å². The van der Waals surface area contributed by atoms with Gasteiger partial charge in [-0.1, -0.05) is 0 Å². The maximum atomic E-state index is 10.8. The fourth-order valence-electron chi connectivity index (χ4n) is 2.05. The summed E-state index contributed by atoms with van der Waals surface area (Å²) in [4.78, 5) is 10.4. The quantitative estimate of drug-likeness (QED) is 0.622. The Balaban J connectivity index is 2.07. The number of hydrogen-bond donors (Lipinski definition) is 1. The van der Waals surface area contributed by atoms with E-state index >= 15 is 0 Å². The topological polar surface area (TPSA) is 64.4 Å². The number of nitrogens with one attached hydrogen (secondary N) is 1. The normalized spacial score (nSPS) is 16.3. The van der Waals surface area contributed by atoms with Gasteiger partial charge in [-0.05, 0) is 31.7 Å². The molecule has 98 valence electrons. The minimum Gasteiger partial charge on any atom is -0.496 e. The fourth-order valence-corrected chi connectivity index (χ4v) is 2.05. The third kappa shape index (κ3) is 2.98. The van der Waals surface area contributed by atoms with Gasteiger partial charge in [0.15, 0.2) is 0 Å². The van der Waals surface area contributed by atoms with Crippen LogP contribution in [0, 0.1) is 16.0 Å². The van der Waals surface area contributed by atoms with Gasteiger partial charge in [0, 0.05) is 30.3 Å². The second-order valence-corrected chi connectivity index (χ2v) is 4.76. The Hall–Kier alpha value is -1.62. The lowest BCUT2D eigenvalue weighted by atomic mass is 10.1. The van der Waals surface area contributed by atoms with E-state index in [-0.39, 0.29) is 10.6 Å². The first-order valence-corrected chi connectivity index (χ1v) is 6.16. The van der Waals surface area contributed by atoms with Crippen LogP contribution in [0.1, 0.15) is 25.3 Å². The number of hydrogen-bond acceptors (Lipinski definition) is 4. The maximum absolute atomic E-state index is 10.8. The predicted molar refractivity (Wildman–Crippen MR) is 68.7 cm³/mol. The second-order valence-electron chi connectivity index (χ2n) is 4.76. The summed E-state index contributed by atoms with van der Waals surface area (Å²) in [7, 11) is 1.58. The maximum Gasteiger partial charge on any atom is 0.270 e. The van der Waals surface area contributed by atoms with Gasteiger partial charge in [0.05, 0.1) is 12.0 Å². The van der Waals surface area contributed by atoms with Gasteiger partial charge in [0.25, 0.3) is 5.69 Å². The molecule has 2 rings (SSSR count). The van der Waals surface area contributed by atoms with Crippen molar-refractivity contribution in [1.82, 2.24) is 5.32 Å². The summed E-state index contributed by atoms with van der Waals surface area (Å²) >= 11 is 0. The SMILES string of the molecule is COc1ccc([N+](=O)[O-])cc1CNC(C)C1CC1. The third-order valence-electron chi connectivity index (χ3n) is 3.42. The van der Waals surface area contributed by atoms with Gasteiger partial charge in [-0.2, -0.15) is 0 Å². The van der Waals surface area contributed by atoms with Crippen LogP contribution >= 0.6 is 0 Å². The Morgan fingerprint density at radius 1 is 1.56 bits per heavy atom. The van der Waals surface area contributed by atoms with Crippen molar-refractivity contribution >= 4 is 5.69 Å². The van der Waals surface area contributed by atoms with Gasteiger partial charge in [-0.3, -0.25) is 10.1 Å². The fraction of sp³-hybridized carbons (Fsp3) is 0.538. The van der Waals surface area contributed by atoms with Gasteiger partial charge < -0.3 is 10.1 Å². The average molecular weight is 250 g/mol. The summed E-state index contributed by atoms with van der Waals surface area (Å²) in [6, 6.07) is 5.14. The molecule has 1 aliphatic carbocycles. The highest BCUT2D eigenvalue weighted by Gasteiger charge is 2.27. The lowest BCUT2D eigenvalue weighted by molar-refractivity contribution is -0.384. The number of ether oxygens (including phenoxy) is 1. The standard InChI is InChI=1S/C13H18N2O3/c1-9(10-3-4-10)14-8-11-7-12(15(16)17)5-6-13(11)18-2/h5-7,9-10,14H,3-4,8H2,1-2H3. The van der Waals surface area contributed by atoms with Crippen molar-refractivity contribution in [3.05, 3.63) is 33.9 Å². The minimum absolute atomic E-state index is 0.103. The largest absolute Gasteiger partial charge is 0.496 e. The summed E-state index contributed by atoms with van der Waals surface area (Å²) < 4.78 is 5.23. The first kappa shape index (κ1) is 12.8. The Morgan fingerprint density at radius 3 is 2.83 bits per heavy atom. The average Bonchev–Trinajstić information content (AvgIpc) is 3.19. The molecule has 1 N–H and O–H groups in total. The molecule has 5 nitrogen and oxygen atoms in total. The van der Waals surface area contributed by atoms with Crippen LogP contribution in [-0.4, -0.2) is 18.1 Å². The van der Waals surface area contributed by atoms with Crippen LogP contribution in [0.4, 0.5) is 5.69 Å². The van der Waals surface area contributed by atoms with Gasteiger partial charge >= 0.3 is 0 Å². The molecule has 0 bridgehead atoms. The molecule has 1 aliphatic rings. The van der Waals surface area contributed by atoms with Crippen molar-refractivity contribution in [2.24, 2.45) is 5.92 Å². The Kier molecular flexibility index (Phi) is 3.81. The van der Waals surface area contributed by atoms with Crippen LogP contribution in [0.2, 0.25) is 0 Å². The van der Waals surface area contributed by atoms with Crippen molar-refractivity contribution in [1.29, 1.82) is 0 Å². The zero-order valence-corrected chi connectivity index (χ0v) is 10.7. The molecule has 1 fully saturated rings.